The van der Waals surface area contributed by atoms with Crippen molar-refractivity contribution in [2.45, 2.75) is 68.8 Å². The van der Waals surface area contributed by atoms with Crippen molar-refractivity contribution in [3.8, 4) is 0 Å². The van der Waals surface area contributed by atoms with Gasteiger partial charge >= 0.3 is 0 Å². The smallest absolute Gasteiger partial charge is 0.243 e. The van der Waals surface area contributed by atoms with Crippen molar-refractivity contribution in [3.63, 3.8) is 0 Å². The van der Waals surface area contributed by atoms with E-state index in [4.69, 9.17) is 11.6 Å². The Morgan fingerprint density at radius 1 is 1.06 bits per heavy atom. The molecule has 0 bridgehead atoms. The maximum absolute atomic E-state index is 13.3. The molecular formula is C26H33ClN2O2S. The zero-order chi connectivity index (χ0) is 22.8. The van der Waals surface area contributed by atoms with E-state index in [1.54, 1.807) is 4.90 Å². The Labute approximate surface area is 201 Å². The SMILES string of the molecule is CC[C@@H](C(=O)NC1CCCCC1)N(CCc1ccccc1)C(=O)CSc1ccc(Cl)cc1. The highest BCUT2D eigenvalue weighted by molar-refractivity contribution is 8.00. The lowest BCUT2D eigenvalue weighted by Crippen LogP contribution is -2.52. The van der Waals surface area contributed by atoms with E-state index in [0.29, 0.717) is 23.7 Å². The summed E-state index contributed by atoms with van der Waals surface area (Å²) in [6.07, 6.45) is 6.97. The quantitative estimate of drug-likeness (QED) is 0.449. The number of hydrogen-bond donors (Lipinski definition) is 1. The van der Waals surface area contributed by atoms with Crippen LogP contribution in [-0.4, -0.2) is 41.1 Å². The molecule has 1 N–H and O–H groups in total. The summed E-state index contributed by atoms with van der Waals surface area (Å²) in [4.78, 5) is 29.3. The molecule has 0 aliphatic heterocycles. The molecule has 3 rings (SSSR count). The lowest BCUT2D eigenvalue weighted by Gasteiger charge is -2.32. The maximum Gasteiger partial charge on any atom is 0.243 e. The van der Waals surface area contributed by atoms with Crippen LogP contribution in [0.15, 0.2) is 59.5 Å². The molecule has 2 aromatic carbocycles. The first-order valence-electron chi connectivity index (χ1n) is 11.6. The summed E-state index contributed by atoms with van der Waals surface area (Å²) in [6, 6.07) is 17.4. The second-order valence-corrected chi connectivity index (χ2v) is 9.82. The predicted molar refractivity (Wildman–Crippen MR) is 133 cm³/mol. The van der Waals surface area contributed by atoms with Crippen LogP contribution in [0.1, 0.15) is 51.0 Å². The van der Waals surface area contributed by atoms with Crippen molar-refractivity contribution in [3.05, 3.63) is 65.2 Å². The van der Waals surface area contributed by atoms with Gasteiger partial charge in [-0.15, -0.1) is 11.8 Å². The lowest BCUT2D eigenvalue weighted by molar-refractivity contribution is -0.139. The molecule has 0 heterocycles. The van der Waals surface area contributed by atoms with Gasteiger partial charge in [0.25, 0.3) is 0 Å². The molecule has 6 heteroatoms. The summed E-state index contributed by atoms with van der Waals surface area (Å²) >= 11 is 7.45. The molecule has 0 aromatic heterocycles. The highest BCUT2D eigenvalue weighted by Crippen LogP contribution is 2.22. The van der Waals surface area contributed by atoms with E-state index in [-0.39, 0.29) is 17.9 Å². The van der Waals surface area contributed by atoms with Gasteiger partial charge in [-0.25, -0.2) is 0 Å². The largest absolute Gasteiger partial charge is 0.352 e. The van der Waals surface area contributed by atoms with Gasteiger partial charge in [0.15, 0.2) is 0 Å². The standard InChI is InChI=1S/C26H33ClN2O2S/c1-2-24(26(31)28-22-11-7-4-8-12-22)29(18-17-20-9-5-3-6-10-20)25(30)19-32-23-15-13-21(27)14-16-23/h3,5-6,9-10,13-16,22,24H,2,4,7-8,11-12,17-19H2,1H3,(H,28,31)/t24-/m0/s1. The van der Waals surface area contributed by atoms with Crippen LogP contribution in [0.3, 0.4) is 0 Å². The second kappa shape index (κ2) is 12.9. The molecule has 1 atom stereocenters. The van der Waals surface area contributed by atoms with Gasteiger partial charge in [0.1, 0.15) is 6.04 Å². The number of hydrogen-bond acceptors (Lipinski definition) is 3. The fraction of sp³-hybridized carbons (Fsp3) is 0.462. The van der Waals surface area contributed by atoms with Gasteiger partial charge in [-0.05, 0) is 55.5 Å². The zero-order valence-electron chi connectivity index (χ0n) is 18.8. The van der Waals surface area contributed by atoms with E-state index >= 15 is 0 Å². The van der Waals surface area contributed by atoms with E-state index in [0.717, 1.165) is 42.6 Å². The van der Waals surface area contributed by atoms with E-state index in [2.05, 4.69) is 17.4 Å². The average Bonchev–Trinajstić information content (AvgIpc) is 2.82. The first kappa shape index (κ1) is 24.7. The molecule has 0 spiro atoms. The molecule has 1 saturated carbocycles. The molecule has 0 saturated heterocycles. The van der Waals surface area contributed by atoms with Crippen LogP contribution in [0.4, 0.5) is 0 Å². The predicted octanol–water partition coefficient (Wildman–Crippen LogP) is 5.73. The van der Waals surface area contributed by atoms with E-state index in [1.807, 2.05) is 49.4 Å². The minimum atomic E-state index is -0.445. The number of rotatable bonds is 10. The Balaban J connectivity index is 1.68. The van der Waals surface area contributed by atoms with Crippen LogP contribution in [0, 0.1) is 0 Å². The van der Waals surface area contributed by atoms with Crippen LogP contribution in [0.2, 0.25) is 5.02 Å². The normalized spacial score (nSPS) is 15.2. The van der Waals surface area contributed by atoms with Crippen LogP contribution >= 0.6 is 23.4 Å². The van der Waals surface area contributed by atoms with Crippen molar-refractivity contribution >= 4 is 35.2 Å². The third-order valence-corrected chi connectivity index (χ3v) is 7.25. The molecule has 4 nitrogen and oxygen atoms in total. The molecule has 0 radical (unpaired) electrons. The van der Waals surface area contributed by atoms with Gasteiger partial charge in [-0.3, -0.25) is 9.59 Å². The van der Waals surface area contributed by atoms with E-state index in [1.165, 1.54) is 18.2 Å². The van der Waals surface area contributed by atoms with Gasteiger partial charge in [-0.2, -0.15) is 0 Å². The number of carbonyl (C=O) groups is 2. The average molecular weight is 473 g/mol. The van der Waals surface area contributed by atoms with Gasteiger partial charge in [-0.1, -0.05) is 68.1 Å². The monoisotopic (exact) mass is 472 g/mol. The summed E-state index contributed by atoms with van der Waals surface area (Å²) in [6.45, 7) is 2.51. The Morgan fingerprint density at radius 2 is 1.75 bits per heavy atom. The Bertz CT molecular complexity index is 854. The fourth-order valence-corrected chi connectivity index (χ4v) is 5.11. The third-order valence-electron chi connectivity index (χ3n) is 6.00. The van der Waals surface area contributed by atoms with Crippen molar-refractivity contribution in [2.75, 3.05) is 12.3 Å². The van der Waals surface area contributed by atoms with E-state index in [9.17, 15) is 9.59 Å². The van der Waals surface area contributed by atoms with Crippen molar-refractivity contribution in [1.29, 1.82) is 0 Å². The van der Waals surface area contributed by atoms with Gasteiger partial charge in [0.05, 0.1) is 5.75 Å². The van der Waals surface area contributed by atoms with Crippen LogP contribution in [0.25, 0.3) is 0 Å². The number of nitrogens with one attached hydrogen (secondary N) is 1. The first-order chi connectivity index (χ1) is 15.6. The number of thioether (sulfide) groups is 1. The van der Waals surface area contributed by atoms with Crippen molar-refractivity contribution < 1.29 is 9.59 Å². The van der Waals surface area contributed by atoms with Crippen molar-refractivity contribution in [2.24, 2.45) is 0 Å². The van der Waals surface area contributed by atoms with Crippen LogP contribution in [-0.2, 0) is 16.0 Å². The van der Waals surface area contributed by atoms with Gasteiger partial charge in [0, 0.05) is 22.5 Å². The van der Waals surface area contributed by atoms with Crippen LogP contribution < -0.4 is 5.32 Å². The molecular weight excluding hydrogens is 440 g/mol. The lowest BCUT2D eigenvalue weighted by atomic mass is 9.95. The summed E-state index contributed by atoms with van der Waals surface area (Å²) in [7, 11) is 0. The Morgan fingerprint density at radius 3 is 2.41 bits per heavy atom. The Hall–Kier alpha value is -1.98. The second-order valence-electron chi connectivity index (χ2n) is 8.33. The molecule has 0 unspecified atom stereocenters. The Kier molecular flexibility index (Phi) is 9.94. The molecule has 1 aliphatic carbocycles. The van der Waals surface area contributed by atoms with Crippen molar-refractivity contribution in [1.82, 2.24) is 10.2 Å². The van der Waals surface area contributed by atoms with Gasteiger partial charge in [0.2, 0.25) is 11.8 Å². The number of nitrogens with zero attached hydrogens (tertiary/aromatic N) is 1. The van der Waals surface area contributed by atoms with E-state index < -0.39 is 6.04 Å². The maximum atomic E-state index is 13.3. The first-order valence-corrected chi connectivity index (χ1v) is 12.9. The molecule has 2 amide bonds. The minimum absolute atomic E-state index is 0.00785. The number of benzene rings is 2. The fourth-order valence-electron chi connectivity index (χ4n) is 4.20. The van der Waals surface area contributed by atoms with Gasteiger partial charge < -0.3 is 10.2 Å². The molecule has 172 valence electrons. The van der Waals surface area contributed by atoms with Crippen LogP contribution in [0.5, 0.6) is 0 Å². The zero-order valence-corrected chi connectivity index (χ0v) is 20.3. The molecule has 1 aliphatic rings. The highest BCUT2D eigenvalue weighted by Gasteiger charge is 2.29. The highest BCUT2D eigenvalue weighted by atomic mass is 35.5. The number of carbonyl (C=O) groups excluding carboxylic acids is 2. The molecule has 2 aromatic rings. The summed E-state index contributed by atoms with van der Waals surface area (Å²) in [5.74, 6) is 0.271. The summed E-state index contributed by atoms with van der Waals surface area (Å²) in [5.41, 5.74) is 1.16. The molecule has 1 fully saturated rings. The summed E-state index contributed by atoms with van der Waals surface area (Å²) in [5, 5.41) is 3.91. The number of halogens is 1. The topological polar surface area (TPSA) is 49.4 Å². The summed E-state index contributed by atoms with van der Waals surface area (Å²) < 4.78 is 0. The minimum Gasteiger partial charge on any atom is -0.352 e. The molecule has 32 heavy (non-hydrogen) atoms. The number of amides is 2. The third kappa shape index (κ3) is 7.56.